The van der Waals surface area contributed by atoms with E-state index in [1.54, 1.807) is 30.3 Å². The van der Waals surface area contributed by atoms with Crippen molar-refractivity contribution < 1.29 is 18.7 Å². The summed E-state index contributed by atoms with van der Waals surface area (Å²) in [5.41, 5.74) is 4.95. The molecule has 0 unspecified atom stereocenters. The van der Waals surface area contributed by atoms with E-state index in [0.717, 1.165) is 0 Å². The van der Waals surface area contributed by atoms with Crippen LogP contribution in [0.25, 0.3) is 11.2 Å². The molecule has 0 saturated carbocycles. The summed E-state index contributed by atoms with van der Waals surface area (Å²) in [4.78, 5) is 24.4. The molecule has 3 aromatic rings. The number of halogens is 1. The Hall–Kier alpha value is -3.51. The molecule has 2 N–H and O–H groups in total. The minimum absolute atomic E-state index is 0.101. The van der Waals surface area contributed by atoms with Gasteiger partial charge in [0.05, 0.1) is 18.0 Å². The molecule has 1 fully saturated rings. The van der Waals surface area contributed by atoms with Gasteiger partial charge in [0, 0.05) is 5.92 Å². The van der Waals surface area contributed by atoms with Crippen LogP contribution in [0.1, 0.15) is 36.9 Å². The zero-order chi connectivity index (χ0) is 21.5. The largest absolute Gasteiger partial charge is 0.437 e. The highest BCUT2D eigenvalue weighted by Crippen LogP contribution is 2.47. The highest BCUT2D eigenvalue weighted by atomic mass is 19.1. The molecule has 2 aromatic heterocycles. The van der Waals surface area contributed by atoms with Crippen molar-refractivity contribution in [2.45, 2.75) is 38.2 Å². The second-order valence-electron chi connectivity index (χ2n) is 7.12. The molecule has 0 aliphatic carbocycles. The summed E-state index contributed by atoms with van der Waals surface area (Å²) < 4.78 is 27.4. The predicted molar refractivity (Wildman–Crippen MR) is 106 cm³/mol. The van der Waals surface area contributed by atoms with Crippen molar-refractivity contribution in [1.82, 2.24) is 19.5 Å². The Labute approximate surface area is 172 Å². The number of hydrogen-bond donors (Lipinski definition) is 1. The molecule has 9 heteroatoms. The standard InChI is InChI=1S/C21H20FN5O3/c1-4-14-12(3)21(5-2,30-18(28)13-9-7-6-8-10-13)19(29-14)27-11-24-15-16(23)25-20(22)26-17(15)27/h2,6-12,14,19H,4H2,1,3H3,(H2,23,25,26)/t12-,14-,19-,21-/m1/s1. The Morgan fingerprint density at radius 1 is 1.40 bits per heavy atom. The minimum atomic E-state index is -1.47. The van der Waals surface area contributed by atoms with E-state index in [1.807, 2.05) is 13.8 Å². The lowest BCUT2D eigenvalue weighted by Crippen LogP contribution is -2.44. The predicted octanol–water partition coefficient (Wildman–Crippen LogP) is 2.72. The fraction of sp³-hybridized carbons (Fsp3) is 0.333. The van der Waals surface area contributed by atoms with Crippen LogP contribution in [-0.4, -0.2) is 37.2 Å². The number of benzene rings is 1. The van der Waals surface area contributed by atoms with Gasteiger partial charge in [-0.1, -0.05) is 38.0 Å². The van der Waals surface area contributed by atoms with E-state index >= 15 is 0 Å². The quantitative estimate of drug-likeness (QED) is 0.401. The smallest absolute Gasteiger partial charge is 0.339 e. The second kappa shape index (κ2) is 7.39. The van der Waals surface area contributed by atoms with E-state index in [0.29, 0.717) is 12.0 Å². The van der Waals surface area contributed by atoms with Gasteiger partial charge in [0.1, 0.15) is 0 Å². The molecule has 1 aliphatic rings. The molecule has 1 aliphatic heterocycles. The molecule has 0 radical (unpaired) electrons. The summed E-state index contributed by atoms with van der Waals surface area (Å²) in [5.74, 6) is 1.59. The first-order valence-electron chi connectivity index (χ1n) is 9.48. The SMILES string of the molecule is C#C[C@@]1(OC(=O)c2ccccc2)[C@H](C)[C@@H](CC)O[C@H]1n1cnc2c(N)nc(F)nc21. The Bertz CT molecular complexity index is 1140. The Kier molecular flexibility index (Phi) is 4.87. The molecule has 154 valence electrons. The topological polar surface area (TPSA) is 105 Å². The van der Waals surface area contributed by atoms with Gasteiger partial charge < -0.3 is 15.2 Å². The zero-order valence-corrected chi connectivity index (χ0v) is 16.4. The van der Waals surface area contributed by atoms with E-state index in [-0.39, 0.29) is 29.0 Å². The first-order valence-corrected chi connectivity index (χ1v) is 9.48. The average molecular weight is 409 g/mol. The fourth-order valence-corrected chi connectivity index (χ4v) is 3.85. The number of nitrogen functional groups attached to an aromatic ring is 1. The first-order chi connectivity index (χ1) is 14.4. The molecular weight excluding hydrogens is 389 g/mol. The van der Waals surface area contributed by atoms with Crippen LogP contribution in [0.3, 0.4) is 0 Å². The van der Waals surface area contributed by atoms with E-state index in [4.69, 9.17) is 21.6 Å². The van der Waals surface area contributed by atoms with Gasteiger partial charge in [0.2, 0.25) is 5.60 Å². The monoisotopic (exact) mass is 409 g/mol. The van der Waals surface area contributed by atoms with Gasteiger partial charge in [0.25, 0.3) is 0 Å². The zero-order valence-electron chi connectivity index (χ0n) is 16.4. The highest BCUT2D eigenvalue weighted by molar-refractivity contribution is 5.90. The number of rotatable bonds is 4. The maximum atomic E-state index is 13.9. The first kappa shape index (κ1) is 19.8. The normalized spacial score (nSPS) is 25.9. The Morgan fingerprint density at radius 3 is 2.80 bits per heavy atom. The number of carbonyl (C=O) groups is 1. The number of aromatic nitrogens is 4. The lowest BCUT2D eigenvalue weighted by molar-refractivity contribution is -0.0754. The van der Waals surface area contributed by atoms with E-state index < -0.39 is 23.9 Å². The van der Waals surface area contributed by atoms with Crippen LogP contribution in [0, 0.1) is 24.3 Å². The molecule has 30 heavy (non-hydrogen) atoms. The number of imidazole rings is 1. The molecule has 0 spiro atoms. The summed E-state index contributed by atoms with van der Waals surface area (Å²) in [6.07, 6.45) is 5.65. The summed E-state index contributed by atoms with van der Waals surface area (Å²) >= 11 is 0. The van der Waals surface area contributed by atoms with Crippen LogP contribution in [-0.2, 0) is 9.47 Å². The van der Waals surface area contributed by atoms with Crippen molar-refractivity contribution in [3.05, 3.63) is 48.3 Å². The van der Waals surface area contributed by atoms with Crippen molar-refractivity contribution in [3.8, 4) is 12.3 Å². The number of nitrogens with two attached hydrogens (primary N) is 1. The van der Waals surface area contributed by atoms with E-state index in [2.05, 4.69) is 20.9 Å². The molecule has 1 aromatic carbocycles. The average Bonchev–Trinajstić information content (AvgIpc) is 3.28. The number of hydrogen-bond acceptors (Lipinski definition) is 7. The van der Waals surface area contributed by atoms with Crippen LogP contribution in [0.2, 0.25) is 0 Å². The molecule has 8 nitrogen and oxygen atoms in total. The number of terminal acetylenes is 1. The molecular formula is C21H20FN5O3. The van der Waals surface area contributed by atoms with Gasteiger partial charge in [-0.25, -0.2) is 9.78 Å². The van der Waals surface area contributed by atoms with Crippen molar-refractivity contribution in [3.63, 3.8) is 0 Å². The van der Waals surface area contributed by atoms with E-state index in [9.17, 15) is 9.18 Å². The molecule has 0 bridgehead atoms. The van der Waals surface area contributed by atoms with Crippen LogP contribution >= 0.6 is 0 Å². The van der Waals surface area contributed by atoms with Crippen LogP contribution in [0.4, 0.5) is 10.2 Å². The van der Waals surface area contributed by atoms with Crippen molar-refractivity contribution in [2.75, 3.05) is 5.73 Å². The number of anilines is 1. The Morgan fingerprint density at radius 2 is 2.13 bits per heavy atom. The molecule has 4 atom stereocenters. The molecule has 0 amide bonds. The van der Waals surface area contributed by atoms with Gasteiger partial charge in [0.15, 0.2) is 23.2 Å². The van der Waals surface area contributed by atoms with Crippen LogP contribution in [0.5, 0.6) is 0 Å². The maximum Gasteiger partial charge on any atom is 0.339 e. The van der Waals surface area contributed by atoms with Gasteiger partial charge in [-0.3, -0.25) is 4.57 Å². The van der Waals surface area contributed by atoms with Gasteiger partial charge in [-0.05, 0) is 18.6 Å². The number of ether oxygens (including phenoxy) is 2. The fourth-order valence-electron chi connectivity index (χ4n) is 3.85. The van der Waals surface area contributed by atoms with Crippen LogP contribution in [0.15, 0.2) is 36.7 Å². The van der Waals surface area contributed by atoms with Gasteiger partial charge in [-0.2, -0.15) is 14.4 Å². The van der Waals surface area contributed by atoms with Crippen LogP contribution < -0.4 is 5.73 Å². The van der Waals surface area contributed by atoms with Gasteiger partial charge in [-0.15, -0.1) is 6.42 Å². The lowest BCUT2D eigenvalue weighted by atomic mass is 9.85. The maximum absolute atomic E-state index is 13.9. The summed E-state index contributed by atoms with van der Waals surface area (Å²) in [6.45, 7) is 3.80. The third kappa shape index (κ3) is 2.97. The number of nitrogens with zero attached hydrogens (tertiary/aromatic N) is 4. The summed E-state index contributed by atoms with van der Waals surface area (Å²) in [7, 11) is 0. The molecule has 1 saturated heterocycles. The van der Waals surface area contributed by atoms with E-state index in [1.165, 1.54) is 10.9 Å². The Balaban J connectivity index is 1.83. The molecule has 4 rings (SSSR count). The number of fused-ring (bicyclic) bond motifs is 1. The summed E-state index contributed by atoms with van der Waals surface area (Å²) in [6, 6.07) is 8.52. The van der Waals surface area contributed by atoms with Crippen molar-refractivity contribution >= 4 is 23.0 Å². The third-order valence-electron chi connectivity index (χ3n) is 5.48. The van der Waals surface area contributed by atoms with Crippen molar-refractivity contribution in [1.29, 1.82) is 0 Å². The lowest BCUT2D eigenvalue weighted by Gasteiger charge is -2.32. The molecule has 3 heterocycles. The van der Waals surface area contributed by atoms with Gasteiger partial charge >= 0.3 is 12.0 Å². The van der Waals surface area contributed by atoms with Crippen molar-refractivity contribution in [2.24, 2.45) is 5.92 Å². The summed E-state index contributed by atoms with van der Waals surface area (Å²) in [5, 5.41) is 0. The number of esters is 1. The highest BCUT2D eigenvalue weighted by Gasteiger charge is 2.57. The number of carbonyl (C=O) groups excluding carboxylic acids is 1. The minimum Gasteiger partial charge on any atom is -0.437 e. The second-order valence-corrected chi connectivity index (χ2v) is 7.12. The third-order valence-corrected chi connectivity index (χ3v) is 5.48.